The minimum atomic E-state index is -0.154. The average Bonchev–Trinajstić information content (AvgIpc) is 2.62. The Hall–Kier alpha value is -1.68. The van der Waals surface area contributed by atoms with E-state index in [0.717, 1.165) is 18.4 Å². The Bertz CT molecular complexity index is 608. The van der Waals surface area contributed by atoms with Crippen molar-refractivity contribution in [3.8, 4) is 0 Å². The summed E-state index contributed by atoms with van der Waals surface area (Å²) >= 11 is 0. The van der Waals surface area contributed by atoms with E-state index >= 15 is 0 Å². The summed E-state index contributed by atoms with van der Waals surface area (Å²) in [5, 5.41) is 12.8. The first kappa shape index (κ1) is 20.6. The van der Waals surface area contributed by atoms with Gasteiger partial charge in [-0.15, -0.1) is 0 Å². The fraction of sp³-hybridized carbons (Fsp3) is 0.636. The maximum Gasteiger partial charge on any atom is 0.223 e. The van der Waals surface area contributed by atoms with Crippen LogP contribution in [-0.4, -0.2) is 29.9 Å². The van der Waals surface area contributed by atoms with Crippen LogP contribution in [0, 0.1) is 23.7 Å². The van der Waals surface area contributed by atoms with E-state index in [1.54, 1.807) is 12.1 Å². The number of aliphatic hydroxyl groups excluding tert-OH is 1. The summed E-state index contributed by atoms with van der Waals surface area (Å²) < 4.78 is 0. The fourth-order valence-electron chi connectivity index (χ4n) is 4.14. The van der Waals surface area contributed by atoms with Crippen LogP contribution >= 0.6 is 0 Å². The third kappa shape index (κ3) is 5.16. The lowest BCUT2D eigenvalue weighted by Crippen LogP contribution is -2.41. The molecule has 1 saturated carbocycles. The van der Waals surface area contributed by atoms with Crippen LogP contribution in [0.15, 0.2) is 24.3 Å². The van der Waals surface area contributed by atoms with Crippen LogP contribution in [0.4, 0.5) is 0 Å². The molecule has 0 aromatic heterocycles. The lowest BCUT2D eigenvalue weighted by Gasteiger charge is -2.36. The van der Waals surface area contributed by atoms with Gasteiger partial charge in [0, 0.05) is 23.9 Å². The third-order valence-corrected chi connectivity index (χ3v) is 5.89. The Balaban J connectivity index is 2.00. The second kappa shape index (κ2) is 9.31. The normalized spacial score (nSPS) is 24.3. The van der Waals surface area contributed by atoms with E-state index in [2.05, 4.69) is 26.1 Å². The Kier molecular flexibility index (Phi) is 7.39. The van der Waals surface area contributed by atoms with Gasteiger partial charge in [-0.2, -0.15) is 0 Å². The van der Waals surface area contributed by atoms with Gasteiger partial charge in [0.2, 0.25) is 5.91 Å². The van der Waals surface area contributed by atoms with Crippen molar-refractivity contribution in [2.45, 2.75) is 52.9 Å². The number of rotatable bonds is 7. The number of nitrogens with one attached hydrogen (secondary N) is 1. The van der Waals surface area contributed by atoms with Crippen LogP contribution in [0.2, 0.25) is 0 Å². The molecule has 4 atom stereocenters. The summed E-state index contributed by atoms with van der Waals surface area (Å²) in [6.07, 6.45) is 3.27. The predicted molar refractivity (Wildman–Crippen MR) is 104 cm³/mol. The van der Waals surface area contributed by atoms with E-state index in [4.69, 9.17) is 0 Å². The minimum Gasteiger partial charge on any atom is -0.396 e. The van der Waals surface area contributed by atoms with Gasteiger partial charge < -0.3 is 10.4 Å². The quantitative estimate of drug-likeness (QED) is 0.728. The lowest BCUT2D eigenvalue weighted by molar-refractivity contribution is -0.129. The van der Waals surface area contributed by atoms with Crippen LogP contribution in [0.3, 0.4) is 0 Å². The highest BCUT2D eigenvalue weighted by atomic mass is 16.3. The Morgan fingerprint density at radius 3 is 2.38 bits per heavy atom. The van der Waals surface area contributed by atoms with Gasteiger partial charge in [0.25, 0.3) is 0 Å². The molecular formula is C22H33NO3. The molecule has 4 nitrogen and oxygen atoms in total. The Morgan fingerprint density at radius 2 is 1.85 bits per heavy atom. The van der Waals surface area contributed by atoms with E-state index < -0.39 is 0 Å². The molecule has 2 N–H and O–H groups in total. The van der Waals surface area contributed by atoms with Gasteiger partial charge in [-0.1, -0.05) is 51.5 Å². The van der Waals surface area contributed by atoms with Crippen LogP contribution in [-0.2, 0) is 4.79 Å². The minimum absolute atomic E-state index is 0.0246. The molecule has 4 heteroatoms. The number of aliphatic hydroxyl groups is 1. The molecule has 144 valence electrons. The lowest BCUT2D eigenvalue weighted by atomic mass is 9.70. The molecule has 0 saturated heterocycles. The molecule has 26 heavy (non-hydrogen) atoms. The number of Topliss-reactive ketones (excluding diaryl/α,β-unsaturated/α-hetero) is 1. The molecule has 1 aliphatic carbocycles. The Morgan fingerprint density at radius 1 is 1.19 bits per heavy atom. The highest BCUT2D eigenvalue weighted by Crippen LogP contribution is 2.38. The summed E-state index contributed by atoms with van der Waals surface area (Å²) in [6, 6.07) is 7.28. The molecule has 2 rings (SSSR count). The second-order valence-electron chi connectivity index (χ2n) is 8.24. The van der Waals surface area contributed by atoms with Crippen molar-refractivity contribution < 1.29 is 14.7 Å². The van der Waals surface area contributed by atoms with E-state index in [-0.39, 0.29) is 30.1 Å². The smallest absolute Gasteiger partial charge is 0.223 e. The molecule has 1 aliphatic rings. The number of benzene rings is 1. The number of hydrogen-bond donors (Lipinski definition) is 2. The predicted octanol–water partition coefficient (Wildman–Crippen LogP) is 3.79. The van der Waals surface area contributed by atoms with Gasteiger partial charge in [0.1, 0.15) is 0 Å². The van der Waals surface area contributed by atoms with Crippen molar-refractivity contribution in [1.29, 1.82) is 0 Å². The summed E-state index contributed by atoms with van der Waals surface area (Å²) in [4.78, 5) is 24.2. The van der Waals surface area contributed by atoms with Gasteiger partial charge in [-0.25, -0.2) is 0 Å². The van der Waals surface area contributed by atoms with Crippen molar-refractivity contribution >= 4 is 11.7 Å². The first-order valence-corrected chi connectivity index (χ1v) is 9.82. The second-order valence-corrected chi connectivity index (χ2v) is 8.24. The highest BCUT2D eigenvalue weighted by Gasteiger charge is 2.35. The van der Waals surface area contributed by atoms with Gasteiger partial charge in [-0.3, -0.25) is 9.59 Å². The van der Waals surface area contributed by atoms with E-state index in [1.165, 1.54) is 13.3 Å². The van der Waals surface area contributed by atoms with Crippen LogP contribution < -0.4 is 5.32 Å². The number of carbonyl (C=O) groups excluding carboxylic acids is 2. The SMILES string of the molecule is CC(=O)c1ccc(C(CO)CNC(=O)C2CC(C)CCC2C(C)C)cc1. The van der Waals surface area contributed by atoms with Crippen molar-refractivity contribution in [3.63, 3.8) is 0 Å². The summed E-state index contributed by atoms with van der Waals surface area (Å²) in [6.45, 7) is 8.56. The third-order valence-electron chi connectivity index (χ3n) is 5.89. The molecule has 0 spiro atoms. The zero-order valence-electron chi connectivity index (χ0n) is 16.5. The average molecular weight is 360 g/mol. The molecule has 4 unspecified atom stereocenters. The van der Waals surface area contributed by atoms with Crippen LogP contribution in [0.25, 0.3) is 0 Å². The van der Waals surface area contributed by atoms with Crippen molar-refractivity contribution in [2.75, 3.05) is 13.2 Å². The largest absolute Gasteiger partial charge is 0.396 e. The summed E-state index contributed by atoms with van der Waals surface area (Å²) in [5.74, 6) is 1.59. The maximum absolute atomic E-state index is 12.8. The first-order valence-electron chi connectivity index (χ1n) is 9.82. The topological polar surface area (TPSA) is 66.4 Å². The zero-order chi connectivity index (χ0) is 19.3. The van der Waals surface area contributed by atoms with Crippen LogP contribution in [0.1, 0.15) is 68.8 Å². The van der Waals surface area contributed by atoms with E-state index in [1.807, 2.05) is 12.1 Å². The van der Waals surface area contributed by atoms with Gasteiger partial charge in [0.15, 0.2) is 5.78 Å². The molecule has 1 aromatic rings. The van der Waals surface area contributed by atoms with E-state index in [9.17, 15) is 14.7 Å². The number of hydrogen-bond acceptors (Lipinski definition) is 3. The van der Waals surface area contributed by atoms with Gasteiger partial charge in [0.05, 0.1) is 6.61 Å². The standard InChI is InChI=1S/C22H33NO3/c1-14(2)20-10-5-15(3)11-21(20)22(26)23-12-19(13-24)18-8-6-17(7-9-18)16(4)25/h6-9,14-15,19-21,24H,5,10-13H2,1-4H3,(H,23,26). The maximum atomic E-state index is 12.8. The van der Waals surface area contributed by atoms with Crippen molar-refractivity contribution in [3.05, 3.63) is 35.4 Å². The van der Waals surface area contributed by atoms with Gasteiger partial charge in [-0.05, 0) is 43.1 Å². The zero-order valence-corrected chi connectivity index (χ0v) is 16.5. The molecular weight excluding hydrogens is 326 g/mol. The number of carbonyl (C=O) groups is 2. The van der Waals surface area contributed by atoms with Crippen LogP contribution in [0.5, 0.6) is 0 Å². The van der Waals surface area contributed by atoms with Gasteiger partial charge >= 0.3 is 0 Å². The molecule has 0 heterocycles. The highest BCUT2D eigenvalue weighted by molar-refractivity contribution is 5.94. The molecule has 1 fully saturated rings. The molecule has 0 radical (unpaired) electrons. The first-order chi connectivity index (χ1) is 12.3. The summed E-state index contributed by atoms with van der Waals surface area (Å²) in [7, 11) is 0. The summed E-state index contributed by atoms with van der Waals surface area (Å²) in [5.41, 5.74) is 1.60. The molecule has 0 bridgehead atoms. The van der Waals surface area contributed by atoms with Crippen molar-refractivity contribution in [1.82, 2.24) is 5.32 Å². The number of amides is 1. The number of ketones is 1. The molecule has 0 aliphatic heterocycles. The monoisotopic (exact) mass is 359 g/mol. The van der Waals surface area contributed by atoms with Crippen molar-refractivity contribution in [2.24, 2.45) is 23.7 Å². The Labute approximate surface area is 157 Å². The molecule has 1 aromatic carbocycles. The van der Waals surface area contributed by atoms with E-state index in [0.29, 0.717) is 29.9 Å². The molecule has 1 amide bonds. The fourth-order valence-corrected chi connectivity index (χ4v) is 4.14.